The van der Waals surface area contributed by atoms with Crippen LogP contribution in [0.2, 0.25) is 0 Å². The van der Waals surface area contributed by atoms with Gasteiger partial charge in [0.1, 0.15) is 11.5 Å². The Bertz CT molecular complexity index is 985. The van der Waals surface area contributed by atoms with Crippen molar-refractivity contribution < 1.29 is 13.2 Å². The molecular weight excluding hydrogens is 452 g/mol. The molecule has 11 nitrogen and oxygen atoms in total. The van der Waals surface area contributed by atoms with E-state index in [1.165, 1.54) is 21.4 Å². The number of rotatable bonds is 6. The largest absolute Gasteiger partial charge is 0.364 e. The molecule has 1 fully saturated rings. The van der Waals surface area contributed by atoms with Crippen LogP contribution in [0.5, 0.6) is 0 Å². The molecule has 3 rings (SSSR count). The van der Waals surface area contributed by atoms with Crippen LogP contribution in [-0.4, -0.2) is 63.8 Å². The number of aromatic nitrogens is 4. The van der Waals surface area contributed by atoms with Crippen molar-refractivity contribution in [3.8, 4) is 0 Å². The molecule has 0 unspecified atom stereocenters. The molecule has 2 aromatic heterocycles. The number of primary amides is 1. The molecule has 1 aliphatic rings. The Kier molecular flexibility index (Phi) is 5.86. The van der Waals surface area contributed by atoms with E-state index in [-0.39, 0.29) is 11.7 Å². The number of sulfonamides is 1. The van der Waals surface area contributed by atoms with Crippen molar-refractivity contribution in [1.29, 1.82) is 0 Å². The van der Waals surface area contributed by atoms with Crippen LogP contribution in [0.15, 0.2) is 16.9 Å². The molecule has 4 N–H and O–H groups in total. The second kappa shape index (κ2) is 8.01. The lowest BCUT2D eigenvalue weighted by Gasteiger charge is -2.30. The van der Waals surface area contributed by atoms with Crippen molar-refractivity contribution in [3.63, 3.8) is 0 Å². The number of anilines is 3. The predicted molar refractivity (Wildman–Crippen MR) is 108 cm³/mol. The Morgan fingerprint density at radius 2 is 2.00 bits per heavy atom. The number of piperidine rings is 1. The molecule has 0 spiro atoms. The van der Waals surface area contributed by atoms with Gasteiger partial charge < -0.3 is 16.4 Å². The summed E-state index contributed by atoms with van der Waals surface area (Å²) in [5, 5.41) is 10.3. The zero-order valence-electron chi connectivity index (χ0n) is 15.4. The maximum atomic E-state index is 11.6. The quantitative estimate of drug-likeness (QED) is 0.554. The Morgan fingerprint density at radius 1 is 1.32 bits per heavy atom. The molecule has 152 valence electrons. The zero-order chi connectivity index (χ0) is 20.5. The van der Waals surface area contributed by atoms with E-state index < -0.39 is 15.9 Å². The smallest absolute Gasteiger partial charge is 0.269 e. The minimum Gasteiger partial charge on any atom is -0.364 e. The van der Waals surface area contributed by atoms with E-state index in [4.69, 9.17) is 5.73 Å². The monoisotopic (exact) mass is 472 g/mol. The fourth-order valence-corrected chi connectivity index (χ4v) is 4.15. The van der Waals surface area contributed by atoms with Gasteiger partial charge in [-0.1, -0.05) is 0 Å². The van der Waals surface area contributed by atoms with Gasteiger partial charge in [-0.2, -0.15) is 10.1 Å². The van der Waals surface area contributed by atoms with Crippen LogP contribution in [0.25, 0.3) is 0 Å². The average Bonchev–Trinajstić information content (AvgIpc) is 2.98. The number of halogens is 1. The van der Waals surface area contributed by atoms with Crippen LogP contribution in [-0.2, 0) is 17.1 Å². The summed E-state index contributed by atoms with van der Waals surface area (Å²) < 4.78 is 26.7. The first-order chi connectivity index (χ1) is 13.1. The summed E-state index contributed by atoms with van der Waals surface area (Å²) >= 11 is 3.38. The standard InChI is InChI=1S/C15H21BrN8O3S/c1-23-12(13(17)25)11(8-19-23)21-14-10(16)7-18-15(22-14)20-9-3-5-24(6-4-9)28(2,26)27/h7-9H,3-6H2,1-2H3,(H2,17,25)(H2,18,20,21,22). The van der Waals surface area contributed by atoms with E-state index in [1.807, 2.05) is 0 Å². The van der Waals surface area contributed by atoms with Gasteiger partial charge in [-0.15, -0.1) is 0 Å². The number of aryl methyl sites for hydroxylation is 1. The van der Waals surface area contributed by atoms with Gasteiger partial charge in [-0.3, -0.25) is 9.48 Å². The van der Waals surface area contributed by atoms with E-state index in [1.54, 1.807) is 13.2 Å². The summed E-state index contributed by atoms with van der Waals surface area (Å²) in [6, 6.07) is 0.0617. The number of carbonyl (C=O) groups excluding carboxylic acids is 1. The molecule has 0 radical (unpaired) electrons. The van der Waals surface area contributed by atoms with Crippen molar-refractivity contribution in [2.75, 3.05) is 30.0 Å². The number of nitrogens with one attached hydrogen (secondary N) is 2. The van der Waals surface area contributed by atoms with E-state index in [9.17, 15) is 13.2 Å². The van der Waals surface area contributed by atoms with Crippen molar-refractivity contribution in [3.05, 3.63) is 22.6 Å². The van der Waals surface area contributed by atoms with Crippen LogP contribution < -0.4 is 16.4 Å². The minimum atomic E-state index is -3.17. The highest BCUT2D eigenvalue weighted by molar-refractivity contribution is 9.10. The van der Waals surface area contributed by atoms with Gasteiger partial charge in [0, 0.05) is 32.4 Å². The SMILES string of the molecule is Cn1ncc(Nc2nc(NC3CCN(S(C)(=O)=O)CC3)ncc2Br)c1C(N)=O. The van der Waals surface area contributed by atoms with Gasteiger partial charge in [0.15, 0.2) is 0 Å². The maximum Gasteiger partial charge on any atom is 0.269 e. The topological polar surface area (TPSA) is 148 Å². The molecule has 1 aliphatic heterocycles. The summed E-state index contributed by atoms with van der Waals surface area (Å²) in [6.07, 6.45) is 5.61. The Morgan fingerprint density at radius 3 is 2.61 bits per heavy atom. The van der Waals surface area contributed by atoms with Crippen molar-refractivity contribution in [2.24, 2.45) is 12.8 Å². The first-order valence-electron chi connectivity index (χ1n) is 8.48. The molecule has 2 aromatic rings. The molecule has 0 atom stereocenters. The Balaban J connectivity index is 1.72. The van der Waals surface area contributed by atoms with Crippen LogP contribution in [0.3, 0.4) is 0 Å². The van der Waals surface area contributed by atoms with Crippen LogP contribution in [0.1, 0.15) is 23.3 Å². The van der Waals surface area contributed by atoms with E-state index >= 15 is 0 Å². The normalized spacial score (nSPS) is 16.1. The number of carbonyl (C=O) groups is 1. The van der Waals surface area contributed by atoms with Gasteiger partial charge in [-0.25, -0.2) is 17.7 Å². The number of nitrogens with zero attached hydrogens (tertiary/aromatic N) is 5. The van der Waals surface area contributed by atoms with Crippen molar-refractivity contribution >= 4 is 49.3 Å². The number of hydrogen-bond donors (Lipinski definition) is 3. The Labute approximate surface area is 170 Å². The summed E-state index contributed by atoms with van der Waals surface area (Å²) in [7, 11) is -1.54. The number of amides is 1. The third-order valence-corrected chi connectivity index (χ3v) is 6.31. The van der Waals surface area contributed by atoms with Gasteiger partial charge in [0.05, 0.1) is 22.6 Å². The van der Waals surface area contributed by atoms with Crippen LogP contribution >= 0.6 is 15.9 Å². The number of hydrogen-bond acceptors (Lipinski definition) is 8. The third-order valence-electron chi connectivity index (χ3n) is 4.43. The molecular formula is C15H21BrN8O3S. The molecule has 0 aromatic carbocycles. The molecule has 0 bridgehead atoms. The first-order valence-corrected chi connectivity index (χ1v) is 11.1. The minimum absolute atomic E-state index is 0.0617. The van der Waals surface area contributed by atoms with Crippen molar-refractivity contribution in [1.82, 2.24) is 24.1 Å². The highest BCUT2D eigenvalue weighted by Crippen LogP contribution is 2.26. The molecule has 1 amide bonds. The summed E-state index contributed by atoms with van der Waals surface area (Å²) in [6.45, 7) is 0.908. The average molecular weight is 473 g/mol. The van der Waals surface area contributed by atoms with E-state index in [0.717, 1.165) is 0 Å². The first kappa shape index (κ1) is 20.5. The van der Waals surface area contributed by atoms with Crippen molar-refractivity contribution in [2.45, 2.75) is 18.9 Å². The van der Waals surface area contributed by atoms with Gasteiger partial charge >= 0.3 is 0 Å². The van der Waals surface area contributed by atoms with Gasteiger partial charge in [-0.05, 0) is 28.8 Å². The molecule has 13 heteroatoms. The highest BCUT2D eigenvalue weighted by Gasteiger charge is 2.25. The maximum absolute atomic E-state index is 11.6. The van der Waals surface area contributed by atoms with Crippen LogP contribution in [0.4, 0.5) is 17.5 Å². The lowest BCUT2D eigenvalue weighted by Crippen LogP contribution is -2.42. The zero-order valence-corrected chi connectivity index (χ0v) is 17.8. The summed E-state index contributed by atoms with van der Waals surface area (Å²) in [5.41, 5.74) is 6.07. The second-order valence-corrected chi connectivity index (χ2v) is 9.33. The number of nitrogens with two attached hydrogens (primary N) is 1. The molecule has 3 heterocycles. The lowest BCUT2D eigenvalue weighted by atomic mass is 10.1. The lowest BCUT2D eigenvalue weighted by molar-refractivity contribution is 0.0992. The molecule has 1 saturated heterocycles. The summed E-state index contributed by atoms with van der Waals surface area (Å²) in [4.78, 5) is 20.3. The predicted octanol–water partition coefficient (Wildman–Crippen LogP) is 0.651. The van der Waals surface area contributed by atoms with Crippen LogP contribution in [0, 0.1) is 0 Å². The highest BCUT2D eigenvalue weighted by atomic mass is 79.9. The second-order valence-electron chi connectivity index (χ2n) is 6.49. The molecule has 28 heavy (non-hydrogen) atoms. The summed E-state index contributed by atoms with van der Waals surface area (Å²) in [5.74, 6) is 0.234. The molecule has 0 aliphatic carbocycles. The Hall–Kier alpha value is -2.25. The fourth-order valence-electron chi connectivity index (χ4n) is 2.99. The van der Waals surface area contributed by atoms with E-state index in [2.05, 4.69) is 41.6 Å². The van der Waals surface area contributed by atoms with E-state index in [0.29, 0.717) is 47.9 Å². The molecule has 0 saturated carbocycles. The third kappa shape index (κ3) is 4.59. The van der Waals surface area contributed by atoms with Gasteiger partial charge in [0.25, 0.3) is 5.91 Å². The van der Waals surface area contributed by atoms with Gasteiger partial charge in [0.2, 0.25) is 16.0 Å². The fraction of sp³-hybridized carbons (Fsp3) is 0.467.